The molecule has 4 heteroatoms. The zero-order chi connectivity index (χ0) is 15.2. The van der Waals surface area contributed by atoms with Crippen LogP contribution >= 0.6 is 0 Å². The average molecular weight is 296 g/mol. The molecule has 116 valence electrons. The minimum absolute atomic E-state index is 0.0154. The van der Waals surface area contributed by atoms with E-state index in [0.29, 0.717) is 24.5 Å². The van der Waals surface area contributed by atoms with Crippen molar-refractivity contribution in [3.05, 3.63) is 29.3 Å². The van der Waals surface area contributed by atoms with Crippen molar-refractivity contribution in [2.24, 2.45) is 5.92 Å². The van der Waals surface area contributed by atoms with E-state index in [1.54, 1.807) is 13.0 Å². The lowest BCUT2D eigenvalue weighted by Gasteiger charge is -2.28. The van der Waals surface area contributed by atoms with Crippen LogP contribution in [0.1, 0.15) is 56.9 Å². The van der Waals surface area contributed by atoms with E-state index in [1.165, 1.54) is 6.07 Å². The van der Waals surface area contributed by atoms with E-state index in [4.69, 9.17) is 4.74 Å². The van der Waals surface area contributed by atoms with Crippen molar-refractivity contribution in [1.29, 1.82) is 0 Å². The van der Waals surface area contributed by atoms with E-state index >= 15 is 0 Å². The van der Waals surface area contributed by atoms with Crippen molar-refractivity contribution in [3.8, 4) is 5.75 Å². The molecule has 1 aromatic carbocycles. The molecule has 0 bridgehead atoms. The summed E-state index contributed by atoms with van der Waals surface area (Å²) in [5, 5.41) is 0. The second-order valence-corrected chi connectivity index (χ2v) is 5.68. The second-order valence-electron chi connectivity index (χ2n) is 5.68. The molecule has 0 spiro atoms. The van der Waals surface area contributed by atoms with Gasteiger partial charge in [0.2, 0.25) is 5.82 Å². The van der Waals surface area contributed by atoms with Crippen LogP contribution in [0, 0.1) is 17.6 Å². The van der Waals surface area contributed by atoms with Gasteiger partial charge in [0, 0.05) is 6.42 Å². The van der Waals surface area contributed by atoms with E-state index in [2.05, 4.69) is 0 Å². The SMILES string of the molecule is CCOc1ccc([C@H]2CC[C@H](CCC=O)CC2)c(F)c1F. The predicted octanol–water partition coefficient (Wildman–Crippen LogP) is 4.62. The molecule has 0 N–H and O–H groups in total. The number of carbonyl (C=O) groups is 1. The molecule has 0 heterocycles. The molecule has 0 radical (unpaired) electrons. The maximum Gasteiger partial charge on any atom is 0.200 e. The Labute approximate surface area is 124 Å². The monoisotopic (exact) mass is 296 g/mol. The highest BCUT2D eigenvalue weighted by molar-refractivity contribution is 5.49. The number of carbonyl (C=O) groups excluding carboxylic acids is 1. The average Bonchev–Trinajstić information content (AvgIpc) is 2.51. The van der Waals surface area contributed by atoms with Gasteiger partial charge in [0.05, 0.1) is 6.61 Å². The summed E-state index contributed by atoms with van der Waals surface area (Å²) in [6, 6.07) is 3.18. The van der Waals surface area contributed by atoms with Gasteiger partial charge in [-0.05, 0) is 62.5 Å². The van der Waals surface area contributed by atoms with Crippen LogP contribution in [0.15, 0.2) is 12.1 Å². The van der Waals surface area contributed by atoms with Crippen molar-refractivity contribution in [2.75, 3.05) is 6.61 Å². The predicted molar refractivity (Wildman–Crippen MR) is 77.5 cm³/mol. The summed E-state index contributed by atoms with van der Waals surface area (Å²) in [6.07, 6.45) is 6.13. The van der Waals surface area contributed by atoms with Crippen LogP contribution in [0.5, 0.6) is 5.75 Å². The highest BCUT2D eigenvalue weighted by Gasteiger charge is 2.26. The molecule has 0 saturated heterocycles. The fraction of sp³-hybridized carbons (Fsp3) is 0.588. The minimum Gasteiger partial charge on any atom is -0.491 e. The van der Waals surface area contributed by atoms with Crippen LogP contribution in [0.4, 0.5) is 8.78 Å². The number of aldehydes is 1. The van der Waals surface area contributed by atoms with Gasteiger partial charge in [-0.3, -0.25) is 0 Å². The van der Waals surface area contributed by atoms with Gasteiger partial charge in [0.25, 0.3) is 0 Å². The Bertz CT molecular complexity index is 480. The molecule has 1 aliphatic carbocycles. The molecular formula is C17H22F2O2. The molecule has 21 heavy (non-hydrogen) atoms. The molecule has 1 saturated carbocycles. The smallest absolute Gasteiger partial charge is 0.200 e. The number of ether oxygens (including phenoxy) is 1. The molecule has 0 atom stereocenters. The lowest BCUT2D eigenvalue weighted by Crippen LogP contribution is -2.15. The van der Waals surface area contributed by atoms with Crippen LogP contribution in [-0.4, -0.2) is 12.9 Å². The van der Waals surface area contributed by atoms with Crippen LogP contribution < -0.4 is 4.74 Å². The van der Waals surface area contributed by atoms with Crippen molar-refractivity contribution in [2.45, 2.75) is 51.4 Å². The number of hydrogen-bond donors (Lipinski definition) is 0. The lowest BCUT2D eigenvalue weighted by molar-refractivity contribution is -0.108. The zero-order valence-electron chi connectivity index (χ0n) is 12.4. The Hall–Kier alpha value is -1.45. The van der Waals surface area contributed by atoms with Crippen LogP contribution in [-0.2, 0) is 4.79 Å². The first-order chi connectivity index (χ1) is 10.2. The van der Waals surface area contributed by atoms with Gasteiger partial charge in [-0.15, -0.1) is 0 Å². The van der Waals surface area contributed by atoms with Crippen molar-refractivity contribution in [1.82, 2.24) is 0 Å². The Morgan fingerprint density at radius 2 is 1.90 bits per heavy atom. The van der Waals surface area contributed by atoms with Crippen LogP contribution in [0.25, 0.3) is 0 Å². The summed E-state index contributed by atoms with van der Waals surface area (Å²) in [5.74, 6) is -1.04. The normalized spacial score (nSPS) is 22.0. The summed E-state index contributed by atoms with van der Waals surface area (Å²) in [4.78, 5) is 10.4. The van der Waals surface area contributed by atoms with Gasteiger partial charge in [-0.2, -0.15) is 4.39 Å². The summed E-state index contributed by atoms with van der Waals surface area (Å²) in [6.45, 7) is 2.06. The highest BCUT2D eigenvalue weighted by Crippen LogP contribution is 2.39. The fourth-order valence-corrected chi connectivity index (χ4v) is 3.19. The first-order valence-electron chi connectivity index (χ1n) is 7.71. The first kappa shape index (κ1) is 15.9. The van der Waals surface area contributed by atoms with Gasteiger partial charge in [0.1, 0.15) is 6.29 Å². The van der Waals surface area contributed by atoms with E-state index in [0.717, 1.165) is 38.4 Å². The van der Waals surface area contributed by atoms with E-state index in [1.807, 2.05) is 0 Å². The van der Waals surface area contributed by atoms with Crippen LogP contribution in [0.3, 0.4) is 0 Å². The Balaban J connectivity index is 2.03. The van der Waals surface area contributed by atoms with Crippen molar-refractivity contribution in [3.63, 3.8) is 0 Å². The third-order valence-electron chi connectivity index (χ3n) is 4.36. The van der Waals surface area contributed by atoms with Crippen LogP contribution in [0.2, 0.25) is 0 Å². The zero-order valence-corrected chi connectivity index (χ0v) is 12.4. The lowest BCUT2D eigenvalue weighted by atomic mass is 9.77. The van der Waals surface area contributed by atoms with Gasteiger partial charge < -0.3 is 9.53 Å². The summed E-state index contributed by atoms with van der Waals surface area (Å²) < 4.78 is 33.2. The standard InChI is InChI=1S/C17H22F2O2/c1-2-21-15-10-9-14(16(18)17(15)19)13-7-5-12(6-8-13)4-3-11-20/h9-13H,2-8H2,1H3/t12-,13-. The topological polar surface area (TPSA) is 26.3 Å². The number of hydrogen-bond acceptors (Lipinski definition) is 2. The van der Waals surface area contributed by atoms with Gasteiger partial charge in [-0.1, -0.05) is 6.07 Å². The van der Waals surface area contributed by atoms with Gasteiger partial charge >= 0.3 is 0 Å². The summed E-state index contributed by atoms with van der Waals surface area (Å²) in [5.41, 5.74) is 0.463. The molecule has 0 aliphatic heterocycles. The molecule has 2 nitrogen and oxygen atoms in total. The third kappa shape index (κ3) is 3.80. The molecule has 2 rings (SSSR count). The Kier molecular flexibility index (Phi) is 5.71. The van der Waals surface area contributed by atoms with Gasteiger partial charge in [-0.25, -0.2) is 4.39 Å². The quantitative estimate of drug-likeness (QED) is 0.716. The van der Waals surface area contributed by atoms with E-state index in [-0.39, 0.29) is 11.7 Å². The summed E-state index contributed by atoms with van der Waals surface area (Å²) >= 11 is 0. The Morgan fingerprint density at radius 1 is 1.19 bits per heavy atom. The van der Waals surface area contributed by atoms with Gasteiger partial charge in [0.15, 0.2) is 11.6 Å². The molecule has 0 amide bonds. The molecule has 1 aliphatic rings. The number of rotatable bonds is 6. The third-order valence-corrected chi connectivity index (χ3v) is 4.36. The van der Waals surface area contributed by atoms with Crippen molar-refractivity contribution >= 4 is 6.29 Å². The first-order valence-corrected chi connectivity index (χ1v) is 7.71. The molecule has 1 aromatic rings. The second kappa shape index (κ2) is 7.53. The fourth-order valence-electron chi connectivity index (χ4n) is 3.19. The summed E-state index contributed by atoms with van der Waals surface area (Å²) in [7, 11) is 0. The maximum absolute atomic E-state index is 14.2. The van der Waals surface area contributed by atoms with Crippen molar-refractivity contribution < 1.29 is 18.3 Å². The van der Waals surface area contributed by atoms with E-state index in [9.17, 15) is 13.6 Å². The molecule has 0 unspecified atom stereocenters. The highest BCUT2D eigenvalue weighted by atomic mass is 19.2. The number of halogens is 2. The molecule has 1 fully saturated rings. The minimum atomic E-state index is -0.877. The molecular weight excluding hydrogens is 274 g/mol. The van der Waals surface area contributed by atoms with E-state index < -0.39 is 11.6 Å². The maximum atomic E-state index is 14.2. The number of benzene rings is 1. The Morgan fingerprint density at radius 3 is 2.52 bits per heavy atom. The molecule has 0 aromatic heterocycles. The largest absolute Gasteiger partial charge is 0.491 e.